The number of hydrogen-bond donors (Lipinski definition) is 1. The number of anilines is 2. The van der Waals surface area contributed by atoms with Gasteiger partial charge >= 0.3 is 0 Å². The lowest BCUT2D eigenvalue weighted by molar-refractivity contribution is 0.102. The molecule has 0 bridgehead atoms. The molecule has 1 amide bonds. The Labute approximate surface area is 158 Å². The molecule has 0 atom stereocenters. The average molecular weight is 361 g/mol. The molecule has 2 aromatic carbocycles. The van der Waals surface area contributed by atoms with Crippen LogP contribution in [-0.2, 0) is 0 Å². The first-order valence-electron chi connectivity index (χ1n) is 9.30. The van der Waals surface area contributed by atoms with Crippen LogP contribution in [0.3, 0.4) is 0 Å². The first-order valence-corrected chi connectivity index (χ1v) is 9.30. The molecule has 4 rings (SSSR count). The van der Waals surface area contributed by atoms with Gasteiger partial charge in [0.1, 0.15) is 12.7 Å². The highest BCUT2D eigenvalue weighted by Crippen LogP contribution is 2.24. The van der Waals surface area contributed by atoms with E-state index in [1.807, 2.05) is 24.3 Å². The Hall–Kier alpha value is -3.15. The fourth-order valence-electron chi connectivity index (χ4n) is 3.33. The fraction of sp³-hybridized carbons (Fsp3) is 0.286. The van der Waals surface area contributed by atoms with Gasteiger partial charge in [-0.15, -0.1) is 0 Å². The zero-order valence-electron chi connectivity index (χ0n) is 15.4. The molecule has 1 fully saturated rings. The third-order valence-electron chi connectivity index (χ3n) is 5.09. The summed E-state index contributed by atoms with van der Waals surface area (Å²) in [6, 6.07) is 15.4. The summed E-state index contributed by atoms with van der Waals surface area (Å²) in [5.74, 6) is 0.690. The Bertz CT molecular complexity index is 879. The first kappa shape index (κ1) is 17.3. The highest BCUT2D eigenvalue weighted by Gasteiger charge is 2.16. The number of aromatic nitrogens is 3. The Morgan fingerprint density at radius 1 is 1.00 bits per heavy atom. The van der Waals surface area contributed by atoms with Gasteiger partial charge in [-0.05, 0) is 67.3 Å². The summed E-state index contributed by atoms with van der Waals surface area (Å²) in [7, 11) is 0. The van der Waals surface area contributed by atoms with E-state index < -0.39 is 0 Å². The van der Waals surface area contributed by atoms with Crippen LogP contribution in [0.15, 0.2) is 61.2 Å². The van der Waals surface area contributed by atoms with Gasteiger partial charge in [-0.25, -0.2) is 9.67 Å². The van der Waals surface area contributed by atoms with Crippen molar-refractivity contribution in [3.05, 3.63) is 66.7 Å². The summed E-state index contributed by atoms with van der Waals surface area (Å²) in [5, 5.41) is 7.04. The van der Waals surface area contributed by atoms with Crippen molar-refractivity contribution in [3.63, 3.8) is 0 Å². The minimum atomic E-state index is -0.125. The quantitative estimate of drug-likeness (QED) is 0.769. The van der Waals surface area contributed by atoms with Crippen molar-refractivity contribution in [2.75, 3.05) is 23.3 Å². The second kappa shape index (κ2) is 7.61. The van der Waals surface area contributed by atoms with Crippen molar-refractivity contribution in [2.24, 2.45) is 5.92 Å². The molecule has 0 spiro atoms. The van der Waals surface area contributed by atoms with Crippen LogP contribution in [0.2, 0.25) is 0 Å². The van der Waals surface area contributed by atoms with E-state index in [1.165, 1.54) is 24.9 Å². The number of hydrogen-bond acceptors (Lipinski definition) is 4. The standard InChI is InChI=1S/C21H23N5O/c1-16-10-12-25(13-11-16)19-8-4-18(5-9-19)24-21(27)17-2-6-20(7-3-17)26-15-22-14-23-26/h2-9,14-16H,10-13H2,1H3,(H,24,27). The maximum atomic E-state index is 12.5. The van der Waals surface area contributed by atoms with Crippen molar-refractivity contribution in [1.82, 2.24) is 14.8 Å². The number of rotatable bonds is 4. The molecule has 3 aromatic rings. The van der Waals surface area contributed by atoms with Crippen molar-refractivity contribution < 1.29 is 4.79 Å². The Kier molecular flexibility index (Phi) is 4.87. The van der Waals surface area contributed by atoms with Gasteiger partial charge in [-0.2, -0.15) is 5.10 Å². The zero-order valence-corrected chi connectivity index (χ0v) is 15.4. The first-order chi connectivity index (χ1) is 13.2. The highest BCUT2D eigenvalue weighted by molar-refractivity contribution is 6.04. The van der Waals surface area contributed by atoms with Crippen LogP contribution in [0.1, 0.15) is 30.1 Å². The number of benzene rings is 2. The number of carbonyl (C=O) groups is 1. The molecule has 0 radical (unpaired) electrons. The van der Waals surface area contributed by atoms with Crippen molar-refractivity contribution in [3.8, 4) is 5.69 Å². The molecule has 138 valence electrons. The maximum absolute atomic E-state index is 12.5. The number of carbonyl (C=O) groups excluding carboxylic acids is 1. The minimum Gasteiger partial charge on any atom is -0.372 e. The molecule has 0 unspecified atom stereocenters. The van der Waals surface area contributed by atoms with Gasteiger partial charge in [0.15, 0.2) is 0 Å². The van der Waals surface area contributed by atoms with E-state index in [2.05, 4.69) is 39.4 Å². The van der Waals surface area contributed by atoms with Crippen LogP contribution < -0.4 is 10.2 Å². The molecule has 1 N–H and O–H groups in total. The molecule has 2 heterocycles. The molecular formula is C21H23N5O. The highest BCUT2D eigenvalue weighted by atomic mass is 16.1. The van der Waals surface area contributed by atoms with Crippen molar-refractivity contribution in [2.45, 2.75) is 19.8 Å². The minimum absolute atomic E-state index is 0.125. The smallest absolute Gasteiger partial charge is 0.255 e. The Morgan fingerprint density at radius 2 is 1.67 bits per heavy atom. The molecular weight excluding hydrogens is 338 g/mol. The molecule has 6 nitrogen and oxygen atoms in total. The van der Waals surface area contributed by atoms with E-state index in [-0.39, 0.29) is 5.91 Å². The van der Waals surface area contributed by atoms with Crippen LogP contribution in [0.25, 0.3) is 5.69 Å². The third kappa shape index (κ3) is 4.00. The molecule has 0 aliphatic carbocycles. The summed E-state index contributed by atoms with van der Waals surface area (Å²) < 4.78 is 1.65. The lowest BCUT2D eigenvalue weighted by Gasteiger charge is -2.32. The second-order valence-electron chi connectivity index (χ2n) is 7.06. The Morgan fingerprint density at radius 3 is 2.30 bits per heavy atom. The van der Waals surface area contributed by atoms with Crippen LogP contribution in [-0.4, -0.2) is 33.8 Å². The summed E-state index contributed by atoms with van der Waals surface area (Å²) in [5.41, 5.74) is 3.49. The maximum Gasteiger partial charge on any atom is 0.255 e. The van der Waals surface area contributed by atoms with Crippen LogP contribution >= 0.6 is 0 Å². The topological polar surface area (TPSA) is 63.1 Å². The van der Waals surface area contributed by atoms with Crippen LogP contribution in [0.5, 0.6) is 0 Å². The molecule has 1 aromatic heterocycles. The van der Waals surface area contributed by atoms with Gasteiger partial charge in [-0.3, -0.25) is 4.79 Å². The summed E-state index contributed by atoms with van der Waals surface area (Å²) in [6.07, 6.45) is 5.58. The van der Waals surface area contributed by atoms with Gasteiger partial charge in [0.2, 0.25) is 0 Å². The SMILES string of the molecule is CC1CCN(c2ccc(NC(=O)c3ccc(-n4cncn4)cc3)cc2)CC1. The fourth-order valence-corrected chi connectivity index (χ4v) is 3.33. The number of piperidine rings is 1. The van der Waals surface area contributed by atoms with E-state index >= 15 is 0 Å². The average Bonchev–Trinajstić information content (AvgIpc) is 3.24. The molecule has 27 heavy (non-hydrogen) atoms. The van der Waals surface area contributed by atoms with E-state index in [4.69, 9.17) is 0 Å². The van der Waals surface area contributed by atoms with E-state index in [0.717, 1.165) is 30.4 Å². The Balaban J connectivity index is 1.39. The number of nitrogens with one attached hydrogen (secondary N) is 1. The molecule has 1 aliphatic heterocycles. The molecule has 6 heteroatoms. The molecule has 1 saturated heterocycles. The predicted molar refractivity (Wildman–Crippen MR) is 106 cm³/mol. The summed E-state index contributed by atoms with van der Waals surface area (Å²) in [6.45, 7) is 4.52. The van der Waals surface area contributed by atoms with Gasteiger partial charge in [0.05, 0.1) is 5.69 Å². The number of nitrogens with zero attached hydrogens (tertiary/aromatic N) is 4. The van der Waals surface area contributed by atoms with Crippen LogP contribution in [0, 0.1) is 5.92 Å². The van der Waals surface area contributed by atoms with Gasteiger partial charge in [0.25, 0.3) is 5.91 Å². The lowest BCUT2D eigenvalue weighted by atomic mass is 9.99. The van der Waals surface area contributed by atoms with E-state index in [0.29, 0.717) is 5.56 Å². The summed E-state index contributed by atoms with van der Waals surface area (Å²) in [4.78, 5) is 18.8. The van der Waals surface area contributed by atoms with Gasteiger partial charge in [0, 0.05) is 30.0 Å². The van der Waals surface area contributed by atoms with Crippen LogP contribution in [0.4, 0.5) is 11.4 Å². The third-order valence-corrected chi connectivity index (χ3v) is 5.09. The molecule has 0 saturated carbocycles. The van der Waals surface area contributed by atoms with Crippen molar-refractivity contribution >= 4 is 17.3 Å². The monoisotopic (exact) mass is 361 g/mol. The van der Waals surface area contributed by atoms with E-state index in [1.54, 1.807) is 23.1 Å². The number of amides is 1. The summed E-state index contributed by atoms with van der Waals surface area (Å²) >= 11 is 0. The second-order valence-corrected chi connectivity index (χ2v) is 7.06. The lowest BCUT2D eigenvalue weighted by Crippen LogP contribution is -2.32. The van der Waals surface area contributed by atoms with E-state index in [9.17, 15) is 4.79 Å². The van der Waals surface area contributed by atoms with Gasteiger partial charge < -0.3 is 10.2 Å². The van der Waals surface area contributed by atoms with Crippen molar-refractivity contribution in [1.29, 1.82) is 0 Å². The zero-order chi connectivity index (χ0) is 18.6. The molecule has 1 aliphatic rings. The van der Waals surface area contributed by atoms with Gasteiger partial charge in [-0.1, -0.05) is 6.92 Å². The normalized spacial score (nSPS) is 14.9. The largest absolute Gasteiger partial charge is 0.372 e. The predicted octanol–water partition coefficient (Wildman–Crippen LogP) is 3.76.